The summed E-state index contributed by atoms with van der Waals surface area (Å²) in [6.45, 7) is 3.21. The minimum absolute atomic E-state index is 0.691. The van der Waals surface area contributed by atoms with Gasteiger partial charge in [0.2, 0.25) is 0 Å². The number of piperidine rings is 1. The Bertz CT molecular complexity index is 480. The molecule has 0 atom stereocenters. The van der Waals surface area contributed by atoms with E-state index in [0.29, 0.717) is 6.04 Å². The van der Waals surface area contributed by atoms with Crippen LogP contribution in [0.15, 0.2) is 30.6 Å². The maximum absolute atomic E-state index is 4.65. The predicted molar refractivity (Wildman–Crippen MR) is 72.6 cm³/mol. The highest BCUT2D eigenvalue weighted by Crippen LogP contribution is 2.13. The van der Waals surface area contributed by atoms with E-state index in [4.69, 9.17) is 0 Å². The van der Waals surface area contributed by atoms with E-state index in [0.717, 1.165) is 31.0 Å². The Morgan fingerprint density at radius 3 is 3.00 bits per heavy atom. The maximum atomic E-state index is 4.65. The molecule has 0 saturated carbocycles. The van der Waals surface area contributed by atoms with Crippen molar-refractivity contribution in [3.05, 3.63) is 36.3 Å². The molecule has 1 aliphatic heterocycles. The first-order valence-corrected chi connectivity index (χ1v) is 6.66. The van der Waals surface area contributed by atoms with Gasteiger partial charge in [-0.1, -0.05) is 6.07 Å². The number of rotatable bonds is 3. The number of aromatic nitrogens is 2. The SMILES string of the molecule is CN(Cc1cn2ccccc2n1)C1CCNCC1. The lowest BCUT2D eigenvalue weighted by Crippen LogP contribution is -2.40. The number of imidazole rings is 1. The average Bonchev–Trinajstić information content (AvgIpc) is 2.82. The monoisotopic (exact) mass is 244 g/mol. The lowest BCUT2D eigenvalue weighted by Gasteiger charge is -2.31. The second kappa shape index (κ2) is 5.08. The second-order valence-corrected chi connectivity index (χ2v) is 5.09. The minimum atomic E-state index is 0.691. The van der Waals surface area contributed by atoms with E-state index in [2.05, 4.69) is 39.0 Å². The molecule has 18 heavy (non-hydrogen) atoms. The van der Waals surface area contributed by atoms with Gasteiger partial charge in [-0.2, -0.15) is 0 Å². The fraction of sp³-hybridized carbons (Fsp3) is 0.500. The summed E-state index contributed by atoms with van der Waals surface area (Å²) >= 11 is 0. The lowest BCUT2D eigenvalue weighted by atomic mass is 10.1. The molecule has 1 saturated heterocycles. The number of hydrogen-bond donors (Lipinski definition) is 1. The van der Waals surface area contributed by atoms with Gasteiger partial charge >= 0.3 is 0 Å². The minimum Gasteiger partial charge on any atom is -0.317 e. The molecule has 0 aliphatic carbocycles. The van der Waals surface area contributed by atoms with Crippen LogP contribution < -0.4 is 5.32 Å². The van der Waals surface area contributed by atoms with Crippen LogP contribution in [-0.4, -0.2) is 40.5 Å². The van der Waals surface area contributed by atoms with Gasteiger partial charge in [0.15, 0.2) is 0 Å². The molecule has 4 nitrogen and oxygen atoms in total. The number of fused-ring (bicyclic) bond motifs is 1. The highest BCUT2D eigenvalue weighted by atomic mass is 15.2. The molecule has 0 aromatic carbocycles. The van der Waals surface area contributed by atoms with Crippen molar-refractivity contribution >= 4 is 5.65 Å². The van der Waals surface area contributed by atoms with Crippen LogP contribution in [-0.2, 0) is 6.54 Å². The van der Waals surface area contributed by atoms with E-state index in [1.807, 2.05) is 18.2 Å². The molecule has 1 aliphatic rings. The molecule has 2 aromatic rings. The largest absolute Gasteiger partial charge is 0.317 e. The summed E-state index contributed by atoms with van der Waals surface area (Å²) < 4.78 is 2.09. The van der Waals surface area contributed by atoms with Crippen molar-refractivity contribution < 1.29 is 0 Å². The van der Waals surface area contributed by atoms with Crippen molar-refractivity contribution in [3.8, 4) is 0 Å². The van der Waals surface area contributed by atoms with Crippen molar-refractivity contribution in [3.63, 3.8) is 0 Å². The fourth-order valence-corrected chi connectivity index (χ4v) is 2.70. The van der Waals surface area contributed by atoms with Gasteiger partial charge in [-0.15, -0.1) is 0 Å². The van der Waals surface area contributed by atoms with Crippen LogP contribution in [0.3, 0.4) is 0 Å². The molecule has 0 bridgehead atoms. The zero-order chi connectivity index (χ0) is 12.4. The normalized spacial score (nSPS) is 17.7. The summed E-state index contributed by atoms with van der Waals surface area (Å²) in [5.74, 6) is 0. The van der Waals surface area contributed by atoms with Gasteiger partial charge in [-0.3, -0.25) is 4.90 Å². The molecule has 0 amide bonds. The molecular formula is C14H20N4. The molecule has 3 heterocycles. The van der Waals surface area contributed by atoms with E-state index in [1.54, 1.807) is 0 Å². The van der Waals surface area contributed by atoms with Crippen LogP contribution in [0, 0.1) is 0 Å². The Morgan fingerprint density at radius 2 is 2.22 bits per heavy atom. The number of nitrogens with one attached hydrogen (secondary N) is 1. The summed E-state index contributed by atoms with van der Waals surface area (Å²) in [7, 11) is 2.21. The van der Waals surface area contributed by atoms with Gasteiger partial charge in [0.05, 0.1) is 5.69 Å². The summed E-state index contributed by atoms with van der Waals surface area (Å²) in [5, 5.41) is 3.41. The Kier molecular flexibility index (Phi) is 3.30. The van der Waals surface area contributed by atoms with E-state index in [-0.39, 0.29) is 0 Å². The maximum Gasteiger partial charge on any atom is 0.137 e. The number of hydrogen-bond acceptors (Lipinski definition) is 3. The van der Waals surface area contributed by atoms with E-state index in [1.165, 1.54) is 12.8 Å². The zero-order valence-electron chi connectivity index (χ0n) is 10.8. The van der Waals surface area contributed by atoms with Gasteiger partial charge < -0.3 is 9.72 Å². The molecule has 1 N–H and O–H groups in total. The first-order chi connectivity index (χ1) is 8.83. The molecule has 3 rings (SSSR count). The predicted octanol–water partition coefficient (Wildman–Crippen LogP) is 1.52. The summed E-state index contributed by atoms with van der Waals surface area (Å²) in [6, 6.07) is 6.81. The average molecular weight is 244 g/mol. The molecule has 4 heteroatoms. The first-order valence-electron chi connectivity index (χ1n) is 6.66. The molecule has 0 radical (unpaired) electrons. The molecule has 2 aromatic heterocycles. The Hall–Kier alpha value is -1.39. The third-order valence-electron chi connectivity index (χ3n) is 3.76. The van der Waals surface area contributed by atoms with Crippen LogP contribution >= 0.6 is 0 Å². The van der Waals surface area contributed by atoms with E-state index < -0.39 is 0 Å². The second-order valence-electron chi connectivity index (χ2n) is 5.09. The summed E-state index contributed by atoms with van der Waals surface area (Å²) in [5.41, 5.74) is 2.19. The smallest absolute Gasteiger partial charge is 0.137 e. The van der Waals surface area contributed by atoms with Crippen LogP contribution in [0.4, 0.5) is 0 Å². The standard InChI is InChI=1S/C14H20N4/c1-17(13-5-7-15-8-6-13)10-12-11-18-9-3-2-4-14(18)16-12/h2-4,9,11,13,15H,5-8,10H2,1H3. The quantitative estimate of drug-likeness (QED) is 0.888. The zero-order valence-corrected chi connectivity index (χ0v) is 10.8. The Morgan fingerprint density at radius 1 is 1.39 bits per heavy atom. The fourth-order valence-electron chi connectivity index (χ4n) is 2.70. The lowest BCUT2D eigenvalue weighted by molar-refractivity contribution is 0.190. The van der Waals surface area contributed by atoms with Crippen LogP contribution in [0.2, 0.25) is 0 Å². The van der Waals surface area contributed by atoms with Gasteiger partial charge in [-0.25, -0.2) is 4.98 Å². The number of pyridine rings is 1. The number of nitrogens with zero attached hydrogens (tertiary/aromatic N) is 3. The van der Waals surface area contributed by atoms with Gasteiger partial charge in [-0.05, 0) is 45.1 Å². The third kappa shape index (κ3) is 2.40. The van der Waals surface area contributed by atoms with E-state index >= 15 is 0 Å². The van der Waals surface area contributed by atoms with Crippen LogP contribution in [0.1, 0.15) is 18.5 Å². The molecule has 0 spiro atoms. The molecule has 1 fully saturated rings. The van der Waals surface area contributed by atoms with Crippen molar-refractivity contribution in [2.75, 3.05) is 20.1 Å². The first kappa shape index (κ1) is 11.7. The topological polar surface area (TPSA) is 32.6 Å². The molecule has 96 valence electrons. The molecular weight excluding hydrogens is 224 g/mol. The summed E-state index contributed by atoms with van der Waals surface area (Å²) in [6.07, 6.45) is 6.66. The van der Waals surface area contributed by atoms with Gasteiger partial charge in [0, 0.05) is 25.0 Å². The Labute approximate surface area is 108 Å². The highest BCUT2D eigenvalue weighted by Gasteiger charge is 2.18. The van der Waals surface area contributed by atoms with Crippen molar-refractivity contribution in [1.82, 2.24) is 19.6 Å². The highest BCUT2D eigenvalue weighted by molar-refractivity contribution is 5.39. The van der Waals surface area contributed by atoms with Gasteiger partial charge in [0.1, 0.15) is 5.65 Å². The Balaban J connectivity index is 1.71. The molecule has 0 unspecified atom stereocenters. The van der Waals surface area contributed by atoms with Crippen LogP contribution in [0.25, 0.3) is 5.65 Å². The van der Waals surface area contributed by atoms with E-state index in [9.17, 15) is 0 Å². The third-order valence-corrected chi connectivity index (χ3v) is 3.76. The van der Waals surface area contributed by atoms with Gasteiger partial charge in [0.25, 0.3) is 0 Å². The van der Waals surface area contributed by atoms with Crippen molar-refractivity contribution in [1.29, 1.82) is 0 Å². The van der Waals surface area contributed by atoms with Crippen molar-refractivity contribution in [2.45, 2.75) is 25.4 Å². The van der Waals surface area contributed by atoms with Crippen LogP contribution in [0.5, 0.6) is 0 Å². The van der Waals surface area contributed by atoms with Crippen molar-refractivity contribution in [2.24, 2.45) is 0 Å². The summed E-state index contributed by atoms with van der Waals surface area (Å²) in [4.78, 5) is 7.09.